The molecule has 1 spiro atoms. The molecule has 6 atom stereocenters. The van der Waals surface area contributed by atoms with Crippen molar-refractivity contribution in [2.45, 2.75) is 57.3 Å². The van der Waals surface area contributed by atoms with Crippen LogP contribution in [0.1, 0.15) is 25.8 Å². The largest absolute Gasteiger partial charge is 0.394 e. The first-order chi connectivity index (χ1) is 21.8. The number of hydrogen-bond donors (Lipinski definition) is 1. The van der Waals surface area contributed by atoms with E-state index >= 15 is 0 Å². The van der Waals surface area contributed by atoms with Crippen molar-refractivity contribution in [3.8, 4) is 0 Å². The molecule has 3 amide bonds. The maximum Gasteiger partial charge on any atom is 0.250 e. The summed E-state index contributed by atoms with van der Waals surface area (Å²) in [5.41, 5.74) is 1.11. The van der Waals surface area contributed by atoms with Gasteiger partial charge in [-0.1, -0.05) is 85.8 Å². The van der Waals surface area contributed by atoms with Crippen molar-refractivity contribution >= 4 is 28.8 Å². The van der Waals surface area contributed by atoms with Gasteiger partial charge in [0.15, 0.2) is 0 Å². The molecular formula is C34H38N6O5. The molecule has 4 aliphatic heterocycles. The van der Waals surface area contributed by atoms with E-state index in [1.807, 2.05) is 92.7 Å². The van der Waals surface area contributed by atoms with Gasteiger partial charge in [0, 0.05) is 19.6 Å². The fourth-order valence-corrected chi connectivity index (χ4v) is 7.65. The summed E-state index contributed by atoms with van der Waals surface area (Å²) in [6.07, 6.45) is 7.30. The van der Waals surface area contributed by atoms with Crippen molar-refractivity contribution < 1.29 is 24.2 Å². The summed E-state index contributed by atoms with van der Waals surface area (Å²) in [6.45, 7) is 4.90. The molecule has 2 saturated heterocycles. The van der Waals surface area contributed by atoms with Crippen LogP contribution in [0.15, 0.2) is 78.9 Å². The Kier molecular flexibility index (Phi) is 7.53. The van der Waals surface area contributed by atoms with Gasteiger partial charge in [0.2, 0.25) is 11.8 Å². The molecule has 11 heteroatoms. The normalized spacial score (nSPS) is 28.4. The van der Waals surface area contributed by atoms with Crippen LogP contribution < -0.4 is 0 Å². The highest BCUT2D eigenvalue weighted by Crippen LogP contribution is 2.54. The SMILES string of the molecule is CC(C)C[C@H](CO)N1C(=O)[C@@H]2[C@@H]3C(=O)N(Cc4ccccc4)CC=C[C@@H]3O[C@@]23C=CCN(Cn2nnc4ccccc42)C(=O)C13. The van der Waals surface area contributed by atoms with Gasteiger partial charge >= 0.3 is 0 Å². The summed E-state index contributed by atoms with van der Waals surface area (Å²) >= 11 is 0. The molecule has 1 aromatic heterocycles. The zero-order chi connectivity index (χ0) is 31.3. The van der Waals surface area contributed by atoms with E-state index in [2.05, 4.69) is 10.3 Å². The maximum atomic E-state index is 14.7. The van der Waals surface area contributed by atoms with E-state index in [4.69, 9.17) is 4.74 Å². The number of likely N-dealkylation sites (tertiary alicyclic amines) is 1. The first kappa shape index (κ1) is 29.4. The van der Waals surface area contributed by atoms with Crippen molar-refractivity contribution in [1.29, 1.82) is 0 Å². The Balaban J connectivity index is 1.28. The highest BCUT2D eigenvalue weighted by Gasteiger charge is 2.72. The van der Waals surface area contributed by atoms with Crippen molar-refractivity contribution in [1.82, 2.24) is 29.7 Å². The second kappa shape index (κ2) is 11.5. The van der Waals surface area contributed by atoms with Gasteiger partial charge in [0.05, 0.1) is 36.1 Å². The molecule has 0 radical (unpaired) electrons. The Morgan fingerprint density at radius 3 is 2.49 bits per heavy atom. The Morgan fingerprint density at radius 1 is 0.956 bits per heavy atom. The number of ether oxygens (including phenoxy) is 1. The van der Waals surface area contributed by atoms with Crippen LogP contribution in [0.2, 0.25) is 0 Å². The number of nitrogens with zero attached hydrogens (tertiary/aromatic N) is 6. The minimum Gasteiger partial charge on any atom is -0.394 e. The van der Waals surface area contributed by atoms with Gasteiger partial charge in [0.25, 0.3) is 5.91 Å². The van der Waals surface area contributed by atoms with E-state index in [9.17, 15) is 19.5 Å². The molecule has 45 heavy (non-hydrogen) atoms. The minimum absolute atomic E-state index is 0.119. The third-order valence-electron chi connectivity index (χ3n) is 9.55. The highest BCUT2D eigenvalue weighted by molar-refractivity contribution is 6.00. The molecule has 1 N–H and O–H groups in total. The highest BCUT2D eigenvalue weighted by atomic mass is 16.5. The van der Waals surface area contributed by atoms with Gasteiger partial charge in [-0.3, -0.25) is 14.4 Å². The average molecular weight is 611 g/mol. The molecule has 3 aromatic rings. The van der Waals surface area contributed by atoms with Crippen LogP contribution in [0.25, 0.3) is 11.0 Å². The number of hydrogen-bond acceptors (Lipinski definition) is 7. The molecule has 4 aliphatic rings. The first-order valence-electron chi connectivity index (χ1n) is 15.7. The number of fused-ring (bicyclic) bond motifs is 3. The van der Waals surface area contributed by atoms with Gasteiger partial charge in [0.1, 0.15) is 23.8 Å². The minimum atomic E-state index is -1.37. The van der Waals surface area contributed by atoms with Gasteiger partial charge in [-0.15, -0.1) is 5.10 Å². The molecule has 7 rings (SSSR count). The van der Waals surface area contributed by atoms with E-state index in [-0.39, 0.29) is 43.5 Å². The first-order valence-corrected chi connectivity index (χ1v) is 15.7. The molecule has 0 bridgehead atoms. The lowest BCUT2D eigenvalue weighted by molar-refractivity contribution is -0.152. The Morgan fingerprint density at radius 2 is 1.71 bits per heavy atom. The molecule has 2 fully saturated rings. The number of rotatable bonds is 8. The number of para-hydroxylation sites is 1. The van der Waals surface area contributed by atoms with Crippen LogP contribution in [-0.4, -0.2) is 96.0 Å². The van der Waals surface area contributed by atoms with E-state index in [0.717, 1.165) is 11.1 Å². The van der Waals surface area contributed by atoms with Gasteiger partial charge in [-0.05, 0) is 30.0 Å². The molecule has 11 nitrogen and oxygen atoms in total. The number of aromatic nitrogens is 3. The van der Waals surface area contributed by atoms with Crippen LogP contribution in [0, 0.1) is 17.8 Å². The van der Waals surface area contributed by atoms with E-state index < -0.39 is 35.6 Å². The molecule has 1 unspecified atom stereocenters. The number of carbonyl (C=O) groups is 3. The molecule has 2 aromatic carbocycles. The number of amides is 3. The molecule has 0 saturated carbocycles. The third kappa shape index (κ3) is 4.85. The summed E-state index contributed by atoms with van der Waals surface area (Å²) in [4.78, 5) is 48.6. The molecular weight excluding hydrogens is 572 g/mol. The summed E-state index contributed by atoms with van der Waals surface area (Å²) < 4.78 is 8.46. The monoisotopic (exact) mass is 610 g/mol. The lowest BCUT2D eigenvalue weighted by atomic mass is 9.77. The summed E-state index contributed by atoms with van der Waals surface area (Å²) in [6, 6.07) is 15.6. The molecule has 0 aliphatic carbocycles. The fraction of sp³-hybridized carbons (Fsp3) is 0.441. The smallest absolute Gasteiger partial charge is 0.250 e. The second-order valence-corrected chi connectivity index (χ2v) is 12.9. The maximum absolute atomic E-state index is 14.7. The predicted molar refractivity (Wildman–Crippen MR) is 165 cm³/mol. The zero-order valence-electron chi connectivity index (χ0n) is 25.5. The van der Waals surface area contributed by atoms with Gasteiger partial charge < -0.3 is 24.5 Å². The Bertz CT molecular complexity index is 1670. The van der Waals surface area contributed by atoms with Crippen LogP contribution in [0.5, 0.6) is 0 Å². The van der Waals surface area contributed by atoms with Gasteiger partial charge in [-0.2, -0.15) is 0 Å². The fourth-order valence-electron chi connectivity index (χ4n) is 7.65. The van der Waals surface area contributed by atoms with Crippen LogP contribution in [0.4, 0.5) is 0 Å². The predicted octanol–water partition coefficient (Wildman–Crippen LogP) is 2.37. The lowest BCUT2D eigenvalue weighted by Gasteiger charge is -2.39. The summed E-state index contributed by atoms with van der Waals surface area (Å²) in [7, 11) is 0. The van der Waals surface area contributed by atoms with E-state index in [1.165, 1.54) is 4.90 Å². The Labute approximate surface area is 261 Å². The number of aliphatic hydroxyl groups excluding tert-OH is 1. The third-order valence-corrected chi connectivity index (χ3v) is 9.55. The van der Waals surface area contributed by atoms with Crippen molar-refractivity contribution in [2.75, 3.05) is 19.7 Å². The van der Waals surface area contributed by atoms with Crippen LogP contribution >= 0.6 is 0 Å². The average Bonchev–Trinajstić information content (AvgIpc) is 3.60. The van der Waals surface area contributed by atoms with Crippen molar-refractivity contribution in [3.05, 3.63) is 84.5 Å². The van der Waals surface area contributed by atoms with E-state index in [0.29, 0.717) is 25.0 Å². The van der Waals surface area contributed by atoms with E-state index in [1.54, 1.807) is 14.5 Å². The Hall–Kier alpha value is -4.35. The standard InChI is InChI=1S/C34H38N6O5/c1-22(2)18-24(20-41)40-30-33(44)38(21-39-26-13-7-6-12-25(26)35-36-39)17-9-15-34(30)29(32(40)43)28-27(45-34)14-8-16-37(31(28)42)19-23-10-4-3-5-11-23/h3-15,22,24,27-30,41H,16-21H2,1-2H3/t24-,27+,28-,29+,30?,34+/m1/s1. The number of aliphatic hydroxyl groups is 1. The summed E-state index contributed by atoms with van der Waals surface area (Å²) in [5.74, 6) is -2.40. The second-order valence-electron chi connectivity index (χ2n) is 12.9. The van der Waals surface area contributed by atoms with Crippen molar-refractivity contribution in [2.24, 2.45) is 17.8 Å². The van der Waals surface area contributed by atoms with Crippen LogP contribution in [0.3, 0.4) is 0 Å². The quantitative estimate of drug-likeness (QED) is 0.389. The van der Waals surface area contributed by atoms with Crippen LogP contribution in [-0.2, 0) is 32.3 Å². The number of carbonyl (C=O) groups excluding carboxylic acids is 3. The molecule has 5 heterocycles. The topological polar surface area (TPSA) is 121 Å². The van der Waals surface area contributed by atoms with Gasteiger partial charge in [-0.25, -0.2) is 4.68 Å². The summed E-state index contributed by atoms with van der Waals surface area (Å²) in [5, 5.41) is 19.1. The molecule has 234 valence electrons. The lowest BCUT2D eigenvalue weighted by Crippen LogP contribution is -2.58. The zero-order valence-corrected chi connectivity index (χ0v) is 25.5. The number of benzene rings is 2. The van der Waals surface area contributed by atoms with Crippen molar-refractivity contribution in [3.63, 3.8) is 0 Å².